The van der Waals surface area contributed by atoms with Gasteiger partial charge < -0.3 is 14.6 Å². The van der Waals surface area contributed by atoms with Crippen LogP contribution in [0.1, 0.15) is 6.92 Å². The summed E-state index contributed by atoms with van der Waals surface area (Å²) in [4.78, 5) is 12.6. The van der Waals surface area contributed by atoms with Crippen molar-refractivity contribution < 1.29 is 0 Å². The maximum absolute atomic E-state index is 12.6. The zero-order chi connectivity index (χ0) is 22.0. The van der Waals surface area contributed by atoms with Crippen LogP contribution in [0.3, 0.4) is 0 Å². The lowest BCUT2D eigenvalue weighted by atomic mass is 10.0. The van der Waals surface area contributed by atoms with Crippen molar-refractivity contribution in [2.45, 2.75) is 6.92 Å². The van der Waals surface area contributed by atoms with E-state index in [9.17, 15) is 4.79 Å². The van der Waals surface area contributed by atoms with Crippen molar-refractivity contribution in [3.8, 4) is 11.1 Å². The molecule has 0 unspecified atom stereocenters. The fourth-order valence-electron chi connectivity index (χ4n) is 3.31. The first-order chi connectivity index (χ1) is 15.0. The molecule has 0 bridgehead atoms. The summed E-state index contributed by atoms with van der Waals surface area (Å²) in [5, 5.41) is 9.34. The second-order valence-corrected chi connectivity index (χ2v) is 9.84. The van der Waals surface area contributed by atoms with E-state index in [2.05, 4.69) is 28.1 Å². The number of nitrogens with one attached hydrogen (secondary N) is 2. The molecule has 0 aliphatic rings. The minimum atomic E-state index is -0.0664. The van der Waals surface area contributed by atoms with Crippen LogP contribution in [0.4, 0.5) is 17.1 Å². The Kier molecular flexibility index (Phi) is 6.50. The molecule has 6 nitrogen and oxygen atoms in total. The third-order valence-corrected chi connectivity index (χ3v) is 6.96. The highest BCUT2D eigenvalue weighted by atomic mass is 35.5. The van der Waals surface area contributed by atoms with E-state index in [0.29, 0.717) is 15.9 Å². The summed E-state index contributed by atoms with van der Waals surface area (Å²) >= 11 is 6.04. The van der Waals surface area contributed by atoms with Gasteiger partial charge in [0.05, 0.1) is 5.39 Å². The van der Waals surface area contributed by atoms with Crippen LogP contribution in [0.15, 0.2) is 59.7 Å². The van der Waals surface area contributed by atoms with Crippen LogP contribution in [-0.4, -0.2) is 20.1 Å². The third kappa shape index (κ3) is 4.71. The van der Waals surface area contributed by atoms with E-state index in [1.807, 2.05) is 49.6 Å². The van der Waals surface area contributed by atoms with E-state index in [4.69, 9.17) is 11.6 Å². The molecule has 0 spiro atoms. The Morgan fingerprint density at radius 1 is 1.03 bits per heavy atom. The fraction of sp³-hybridized carbons (Fsp3) is 0.182. The molecule has 2 aromatic carbocycles. The number of nitrogens with zero attached hydrogens (tertiary/aromatic N) is 3. The number of aryl methyl sites for hydroxylation is 2. The topological polar surface area (TPSA) is 63.9 Å². The number of benzene rings is 2. The van der Waals surface area contributed by atoms with Gasteiger partial charge in [0.2, 0.25) is 0 Å². The van der Waals surface area contributed by atoms with Gasteiger partial charge in [-0.2, -0.15) is 5.10 Å². The number of pyridine rings is 1. The van der Waals surface area contributed by atoms with Gasteiger partial charge in [-0.05, 0) is 42.5 Å². The molecule has 2 aromatic heterocycles. The average Bonchev–Trinajstić information content (AvgIpc) is 3.15. The normalized spacial score (nSPS) is 11.1. The van der Waals surface area contributed by atoms with Gasteiger partial charge >= 0.3 is 0 Å². The van der Waals surface area contributed by atoms with Crippen LogP contribution >= 0.6 is 33.4 Å². The summed E-state index contributed by atoms with van der Waals surface area (Å²) in [6.45, 7) is 2.12. The first-order valence-corrected chi connectivity index (χ1v) is 12.4. The Balaban J connectivity index is 1.86. The van der Waals surface area contributed by atoms with E-state index in [-0.39, 0.29) is 5.56 Å². The highest BCUT2D eigenvalue weighted by Crippen LogP contribution is 2.37. The predicted octanol–water partition coefficient (Wildman–Crippen LogP) is 6.06. The second kappa shape index (κ2) is 9.30. The van der Waals surface area contributed by atoms with Crippen LogP contribution in [-0.2, 0) is 14.1 Å². The van der Waals surface area contributed by atoms with Crippen molar-refractivity contribution in [2.24, 2.45) is 14.1 Å². The smallest absolute Gasteiger partial charge is 0.261 e. The first-order valence-electron chi connectivity index (χ1n) is 9.70. The number of aromatic nitrogens is 3. The third-order valence-electron chi connectivity index (χ3n) is 4.73. The van der Waals surface area contributed by atoms with Gasteiger partial charge in [-0.1, -0.05) is 29.3 Å². The highest BCUT2D eigenvalue weighted by Gasteiger charge is 2.16. The summed E-state index contributed by atoms with van der Waals surface area (Å²) < 4.78 is 6.66. The minimum absolute atomic E-state index is 0.0664. The van der Waals surface area contributed by atoms with E-state index in [1.165, 1.54) is 0 Å². The fourth-order valence-corrected chi connectivity index (χ4v) is 4.65. The Morgan fingerprint density at radius 3 is 2.52 bits per heavy atom. The summed E-state index contributed by atoms with van der Waals surface area (Å²) in [5.41, 5.74) is 5.24. The summed E-state index contributed by atoms with van der Waals surface area (Å²) in [7, 11) is 6.92. The summed E-state index contributed by atoms with van der Waals surface area (Å²) in [5.74, 6) is 1.01. The number of hydrogen-bond donors (Lipinski definition) is 2. The van der Waals surface area contributed by atoms with Gasteiger partial charge in [0.1, 0.15) is 5.52 Å². The molecule has 9 heteroatoms. The van der Waals surface area contributed by atoms with Crippen molar-refractivity contribution in [2.75, 3.05) is 15.8 Å². The van der Waals surface area contributed by atoms with Gasteiger partial charge in [-0.25, -0.2) is 0 Å². The predicted molar refractivity (Wildman–Crippen MR) is 135 cm³/mol. The number of fused-ring (bicyclic) bond motifs is 1. The monoisotopic (exact) mass is 471 g/mol. The molecular formula is C22H22ClN5OS2. The van der Waals surface area contributed by atoms with Gasteiger partial charge in [-0.3, -0.25) is 9.48 Å². The molecule has 4 aromatic rings. The molecule has 31 heavy (non-hydrogen) atoms. The van der Waals surface area contributed by atoms with Crippen LogP contribution < -0.4 is 15.6 Å². The minimum Gasteiger partial charge on any atom is -0.355 e. The van der Waals surface area contributed by atoms with Gasteiger partial charge in [-0.15, -0.1) is 0 Å². The highest BCUT2D eigenvalue weighted by molar-refractivity contribution is 8.77. The molecular weight excluding hydrogens is 450 g/mol. The zero-order valence-electron chi connectivity index (χ0n) is 17.3. The van der Waals surface area contributed by atoms with Crippen molar-refractivity contribution in [1.82, 2.24) is 14.3 Å². The van der Waals surface area contributed by atoms with Crippen LogP contribution in [0.2, 0.25) is 5.02 Å². The van der Waals surface area contributed by atoms with Gasteiger partial charge in [0.15, 0.2) is 0 Å². The Morgan fingerprint density at radius 2 is 1.77 bits per heavy atom. The van der Waals surface area contributed by atoms with Crippen molar-refractivity contribution in [1.29, 1.82) is 0 Å². The molecule has 0 radical (unpaired) electrons. The first kappa shape index (κ1) is 21.7. The lowest BCUT2D eigenvalue weighted by Gasteiger charge is -2.16. The van der Waals surface area contributed by atoms with Crippen molar-refractivity contribution in [3.63, 3.8) is 0 Å². The van der Waals surface area contributed by atoms with Gasteiger partial charge in [0, 0.05) is 76.4 Å². The molecule has 4 rings (SSSR count). The molecule has 2 heterocycles. The number of anilines is 3. The van der Waals surface area contributed by atoms with Crippen LogP contribution in [0.25, 0.3) is 22.0 Å². The molecule has 160 valence electrons. The quantitative estimate of drug-likeness (QED) is 0.194. The van der Waals surface area contributed by atoms with E-state index < -0.39 is 0 Å². The largest absolute Gasteiger partial charge is 0.355 e. The number of hydrogen-bond acceptors (Lipinski definition) is 6. The lowest BCUT2D eigenvalue weighted by Crippen LogP contribution is -2.16. The SMILES string of the molecule is CCSSNc1ccc(Nc2ccc(Cl)cc2)c(-c2cn(C)c(=O)c3cn(C)nc23)c1. The molecule has 0 amide bonds. The van der Waals surface area contributed by atoms with Crippen LogP contribution in [0, 0.1) is 0 Å². The molecule has 0 fully saturated rings. The number of rotatable bonds is 7. The molecule has 0 aliphatic heterocycles. The lowest BCUT2D eigenvalue weighted by molar-refractivity contribution is 0.780. The van der Waals surface area contributed by atoms with E-state index >= 15 is 0 Å². The molecule has 0 saturated carbocycles. The van der Waals surface area contributed by atoms with Gasteiger partial charge in [0.25, 0.3) is 5.56 Å². The second-order valence-electron chi connectivity index (χ2n) is 7.01. The summed E-state index contributed by atoms with van der Waals surface area (Å²) in [6.07, 6.45) is 3.61. The molecule has 0 saturated heterocycles. The number of halogens is 1. The zero-order valence-corrected chi connectivity index (χ0v) is 19.7. The Hall–Kier alpha value is -2.55. The van der Waals surface area contributed by atoms with Crippen LogP contribution in [0.5, 0.6) is 0 Å². The Labute approximate surface area is 193 Å². The summed E-state index contributed by atoms with van der Waals surface area (Å²) in [6, 6.07) is 13.7. The molecule has 0 aliphatic carbocycles. The van der Waals surface area contributed by atoms with Crippen molar-refractivity contribution >= 4 is 61.3 Å². The van der Waals surface area contributed by atoms with Crippen molar-refractivity contribution in [3.05, 3.63) is 70.2 Å². The van der Waals surface area contributed by atoms with E-state index in [0.717, 1.165) is 33.9 Å². The molecule has 0 atom stereocenters. The standard InChI is InChI=1S/C22H22ClN5OS2/c1-4-30-31-26-16-9-10-20(24-15-7-5-14(23)6-8-15)17(11-16)18-12-27(2)22(29)19-13-28(3)25-21(18)19/h5-13,24,26H,4H2,1-3H3. The maximum atomic E-state index is 12.6. The average molecular weight is 472 g/mol. The molecule has 2 N–H and O–H groups in total. The van der Waals surface area contributed by atoms with E-state index in [1.54, 1.807) is 44.3 Å². The maximum Gasteiger partial charge on any atom is 0.261 e. The Bertz CT molecular complexity index is 1280.